The maximum atomic E-state index is 12.8. The van der Waals surface area contributed by atoms with Gasteiger partial charge in [0.25, 0.3) is 5.91 Å². The fourth-order valence-corrected chi connectivity index (χ4v) is 2.92. The molecule has 124 valence electrons. The number of rotatable bonds is 4. The van der Waals surface area contributed by atoms with E-state index in [2.05, 4.69) is 20.5 Å². The van der Waals surface area contributed by atoms with Crippen molar-refractivity contribution in [2.75, 3.05) is 0 Å². The summed E-state index contributed by atoms with van der Waals surface area (Å²) in [5.74, 6) is 0.361. The smallest absolute Gasteiger partial charge is 0.252 e. The van der Waals surface area contributed by atoms with Crippen LogP contribution in [0.25, 0.3) is 11.0 Å². The summed E-state index contributed by atoms with van der Waals surface area (Å²) < 4.78 is 3.45. The molecular weight excluding hydrogens is 304 g/mol. The fraction of sp³-hybridized carbons (Fsp3) is 0.412. The van der Waals surface area contributed by atoms with E-state index in [0.717, 1.165) is 35.3 Å². The Kier molecular flexibility index (Phi) is 3.37. The highest BCUT2D eigenvalue weighted by Gasteiger charge is 2.28. The van der Waals surface area contributed by atoms with Gasteiger partial charge in [0.15, 0.2) is 5.65 Å². The largest absolute Gasteiger partial charge is 0.344 e. The quantitative estimate of drug-likeness (QED) is 0.797. The summed E-state index contributed by atoms with van der Waals surface area (Å²) in [6.07, 6.45) is 5.86. The van der Waals surface area contributed by atoms with E-state index in [-0.39, 0.29) is 11.9 Å². The highest BCUT2D eigenvalue weighted by atomic mass is 16.1. The van der Waals surface area contributed by atoms with Crippen molar-refractivity contribution in [2.45, 2.75) is 31.7 Å². The van der Waals surface area contributed by atoms with E-state index in [9.17, 15) is 4.79 Å². The number of carbonyl (C=O) groups excluding carboxylic acids is 1. The molecule has 1 fully saturated rings. The first-order chi connectivity index (χ1) is 11.5. The van der Waals surface area contributed by atoms with Crippen molar-refractivity contribution in [3.63, 3.8) is 0 Å². The molecule has 1 aliphatic carbocycles. The Morgan fingerprint density at radius 1 is 1.38 bits per heavy atom. The second-order valence-corrected chi connectivity index (χ2v) is 6.48. The lowest BCUT2D eigenvalue weighted by Crippen LogP contribution is -2.27. The van der Waals surface area contributed by atoms with Crippen LogP contribution in [-0.2, 0) is 14.1 Å². The summed E-state index contributed by atoms with van der Waals surface area (Å²) in [5.41, 5.74) is 3.22. The molecule has 0 aromatic carbocycles. The molecule has 1 unspecified atom stereocenters. The van der Waals surface area contributed by atoms with E-state index in [1.54, 1.807) is 15.6 Å². The van der Waals surface area contributed by atoms with Gasteiger partial charge in [-0.05, 0) is 31.9 Å². The highest BCUT2D eigenvalue weighted by Crippen LogP contribution is 2.40. The monoisotopic (exact) mass is 324 g/mol. The lowest BCUT2D eigenvalue weighted by molar-refractivity contribution is 0.0940. The Balaban J connectivity index is 1.68. The first-order valence-electron chi connectivity index (χ1n) is 8.16. The van der Waals surface area contributed by atoms with Gasteiger partial charge in [0.05, 0.1) is 28.9 Å². The molecule has 3 aromatic heterocycles. The number of aryl methyl sites for hydroxylation is 2. The lowest BCUT2D eigenvalue weighted by atomic mass is 10.1. The SMILES string of the molecule is CC(NC(=O)c1cc(C2CC2)nc2c1cnn2C)c1ccn(C)n1. The maximum Gasteiger partial charge on any atom is 0.252 e. The third kappa shape index (κ3) is 2.55. The molecule has 0 saturated heterocycles. The number of hydrogen-bond acceptors (Lipinski definition) is 4. The van der Waals surface area contributed by atoms with Gasteiger partial charge in [-0.25, -0.2) is 4.98 Å². The van der Waals surface area contributed by atoms with Crippen LogP contribution in [-0.4, -0.2) is 30.5 Å². The Morgan fingerprint density at radius 2 is 2.17 bits per heavy atom. The van der Waals surface area contributed by atoms with Crippen LogP contribution >= 0.6 is 0 Å². The Morgan fingerprint density at radius 3 is 2.83 bits per heavy atom. The number of nitrogens with zero attached hydrogens (tertiary/aromatic N) is 5. The van der Waals surface area contributed by atoms with Crippen molar-refractivity contribution < 1.29 is 4.79 Å². The van der Waals surface area contributed by atoms with Gasteiger partial charge < -0.3 is 5.32 Å². The summed E-state index contributed by atoms with van der Waals surface area (Å²) in [4.78, 5) is 17.5. The van der Waals surface area contributed by atoms with Crippen LogP contribution in [0.1, 0.15) is 53.5 Å². The van der Waals surface area contributed by atoms with Gasteiger partial charge in [-0.2, -0.15) is 10.2 Å². The molecule has 3 heterocycles. The average Bonchev–Trinajstić information content (AvgIpc) is 3.22. The number of aromatic nitrogens is 5. The van der Waals surface area contributed by atoms with Crippen LogP contribution < -0.4 is 5.32 Å². The summed E-state index contributed by atoms with van der Waals surface area (Å²) in [6, 6.07) is 3.66. The van der Waals surface area contributed by atoms with Crippen LogP contribution in [0.2, 0.25) is 0 Å². The zero-order chi connectivity index (χ0) is 16.8. The van der Waals surface area contributed by atoms with Gasteiger partial charge in [-0.3, -0.25) is 14.2 Å². The molecule has 0 spiro atoms. The maximum absolute atomic E-state index is 12.8. The molecule has 7 nitrogen and oxygen atoms in total. The summed E-state index contributed by atoms with van der Waals surface area (Å²) in [5, 5.41) is 12.4. The van der Waals surface area contributed by atoms with Crippen molar-refractivity contribution in [1.29, 1.82) is 0 Å². The van der Waals surface area contributed by atoms with Crippen LogP contribution in [0.4, 0.5) is 0 Å². The molecule has 3 aromatic rings. The molecule has 0 bridgehead atoms. The molecule has 0 aliphatic heterocycles. The van der Waals surface area contributed by atoms with Crippen molar-refractivity contribution in [3.8, 4) is 0 Å². The molecule has 7 heteroatoms. The Bertz CT molecular complexity index is 920. The van der Waals surface area contributed by atoms with Gasteiger partial charge in [0, 0.05) is 31.9 Å². The Labute approximate surface area is 139 Å². The highest BCUT2D eigenvalue weighted by molar-refractivity contribution is 6.05. The van der Waals surface area contributed by atoms with Crippen LogP contribution in [0.3, 0.4) is 0 Å². The summed E-state index contributed by atoms with van der Waals surface area (Å²) in [6.45, 7) is 1.93. The van der Waals surface area contributed by atoms with Gasteiger partial charge in [0.2, 0.25) is 0 Å². The molecule has 1 atom stereocenters. The van der Waals surface area contributed by atoms with Gasteiger partial charge >= 0.3 is 0 Å². The lowest BCUT2D eigenvalue weighted by Gasteiger charge is -2.13. The van der Waals surface area contributed by atoms with E-state index >= 15 is 0 Å². The van der Waals surface area contributed by atoms with Crippen molar-refractivity contribution in [2.24, 2.45) is 14.1 Å². The number of amides is 1. The standard InChI is InChI=1S/C17H20N6O/c1-10(14-6-7-22(2)21-14)19-17(24)12-8-15(11-4-5-11)20-16-13(12)9-18-23(16)3/h6-11H,4-5H2,1-3H3,(H,19,24). The van der Waals surface area contributed by atoms with E-state index in [1.165, 1.54) is 0 Å². The summed E-state index contributed by atoms with van der Waals surface area (Å²) in [7, 11) is 3.71. The Hall–Kier alpha value is -2.70. The first-order valence-corrected chi connectivity index (χ1v) is 8.16. The van der Waals surface area contributed by atoms with Gasteiger partial charge in [-0.15, -0.1) is 0 Å². The minimum absolute atomic E-state index is 0.115. The zero-order valence-corrected chi connectivity index (χ0v) is 14.0. The second-order valence-electron chi connectivity index (χ2n) is 6.48. The zero-order valence-electron chi connectivity index (χ0n) is 14.0. The molecule has 1 amide bonds. The molecular formula is C17H20N6O. The van der Waals surface area contributed by atoms with Crippen molar-refractivity contribution in [3.05, 3.63) is 41.5 Å². The third-order valence-corrected chi connectivity index (χ3v) is 4.49. The average molecular weight is 324 g/mol. The van der Waals surface area contributed by atoms with Crippen LogP contribution in [0, 0.1) is 0 Å². The molecule has 24 heavy (non-hydrogen) atoms. The topological polar surface area (TPSA) is 77.6 Å². The molecule has 4 rings (SSSR count). The van der Waals surface area contributed by atoms with Crippen molar-refractivity contribution in [1.82, 2.24) is 29.9 Å². The third-order valence-electron chi connectivity index (χ3n) is 4.49. The van der Waals surface area contributed by atoms with E-state index in [0.29, 0.717) is 11.5 Å². The molecule has 0 radical (unpaired) electrons. The summed E-state index contributed by atoms with van der Waals surface area (Å²) >= 11 is 0. The molecule has 1 saturated carbocycles. The molecule has 1 aliphatic rings. The fourth-order valence-electron chi connectivity index (χ4n) is 2.92. The normalized spacial score (nSPS) is 15.6. The second kappa shape index (κ2) is 5.43. The van der Waals surface area contributed by atoms with Crippen LogP contribution in [0.15, 0.2) is 24.5 Å². The number of pyridine rings is 1. The van der Waals surface area contributed by atoms with Crippen molar-refractivity contribution >= 4 is 16.9 Å². The van der Waals surface area contributed by atoms with E-state index < -0.39 is 0 Å². The predicted molar refractivity (Wildman–Crippen MR) is 89.6 cm³/mol. The number of hydrogen-bond donors (Lipinski definition) is 1. The first kappa shape index (κ1) is 14.9. The van der Waals surface area contributed by atoms with E-state index in [1.807, 2.05) is 39.3 Å². The number of fused-ring (bicyclic) bond motifs is 1. The minimum atomic E-state index is -0.164. The van der Waals surface area contributed by atoms with Gasteiger partial charge in [0.1, 0.15) is 0 Å². The van der Waals surface area contributed by atoms with E-state index in [4.69, 9.17) is 0 Å². The molecule has 1 N–H and O–H groups in total. The minimum Gasteiger partial charge on any atom is -0.344 e. The van der Waals surface area contributed by atoms with Gasteiger partial charge in [-0.1, -0.05) is 0 Å². The predicted octanol–water partition coefficient (Wildman–Crippen LogP) is 2.07. The number of nitrogens with one attached hydrogen (secondary N) is 1. The number of carbonyl (C=O) groups is 1. The van der Waals surface area contributed by atoms with Crippen LogP contribution in [0.5, 0.6) is 0 Å².